The van der Waals surface area contributed by atoms with Gasteiger partial charge in [0.15, 0.2) is 0 Å². The van der Waals surface area contributed by atoms with Gasteiger partial charge in [0, 0.05) is 48.7 Å². The van der Waals surface area contributed by atoms with Crippen LogP contribution in [-0.2, 0) is 0 Å². The molecule has 0 amide bonds. The third-order valence-corrected chi connectivity index (χ3v) is 10.9. The fourth-order valence-electron chi connectivity index (χ4n) is 7.52. The standard InChI is InChI=1S/C46H30N2S/c1-4-13-31(14-5-1)33-23-28-44-41(29-33)39-26-25-38-40-30-36(24-27-43(40)48(45(38)46(39)49-44)35-19-8-3-9-20-35)47(34-17-6-2-7-18-34)42-22-12-16-32-15-10-11-21-37(32)42/h1-30H. The lowest BCUT2D eigenvalue weighted by Crippen LogP contribution is -2.10. The first-order chi connectivity index (χ1) is 24.3. The normalized spacial score (nSPS) is 11.7. The van der Waals surface area contributed by atoms with Crippen molar-refractivity contribution in [1.29, 1.82) is 0 Å². The molecule has 2 heterocycles. The van der Waals surface area contributed by atoms with Crippen LogP contribution in [-0.4, -0.2) is 4.57 Å². The van der Waals surface area contributed by atoms with Crippen molar-refractivity contribution >= 4 is 81.1 Å². The predicted molar refractivity (Wildman–Crippen MR) is 211 cm³/mol. The molecule has 0 saturated carbocycles. The lowest BCUT2D eigenvalue weighted by Gasteiger charge is -2.27. The fourth-order valence-corrected chi connectivity index (χ4v) is 8.74. The van der Waals surface area contributed by atoms with E-state index in [2.05, 4.69) is 191 Å². The second-order valence-corrected chi connectivity index (χ2v) is 13.6. The summed E-state index contributed by atoms with van der Waals surface area (Å²) in [4.78, 5) is 2.40. The van der Waals surface area contributed by atoms with Crippen LogP contribution in [0.2, 0.25) is 0 Å². The summed E-state index contributed by atoms with van der Waals surface area (Å²) in [6.07, 6.45) is 0. The van der Waals surface area contributed by atoms with Crippen molar-refractivity contribution < 1.29 is 0 Å². The molecule has 0 aliphatic carbocycles. The number of benzene rings is 8. The molecule has 2 aromatic heterocycles. The molecular weight excluding hydrogens is 613 g/mol. The molecule has 0 aliphatic heterocycles. The van der Waals surface area contributed by atoms with E-state index >= 15 is 0 Å². The molecule has 0 saturated heterocycles. The number of thiophene rings is 1. The zero-order valence-electron chi connectivity index (χ0n) is 26.6. The van der Waals surface area contributed by atoms with E-state index in [9.17, 15) is 0 Å². The summed E-state index contributed by atoms with van der Waals surface area (Å²) in [5, 5.41) is 7.55. The molecule has 230 valence electrons. The van der Waals surface area contributed by atoms with Crippen LogP contribution in [0.1, 0.15) is 0 Å². The van der Waals surface area contributed by atoms with E-state index in [1.165, 1.54) is 69.6 Å². The second-order valence-electron chi connectivity index (χ2n) is 12.6. The minimum Gasteiger partial charge on any atom is -0.310 e. The lowest BCUT2D eigenvalue weighted by molar-refractivity contribution is 1.19. The van der Waals surface area contributed by atoms with E-state index < -0.39 is 0 Å². The smallest absolute Gasteiger partial charge is 0.0719 e. The summed E-state index contributed by atoms with van der Waals surface area (Å²) in [6.45, 7) is 0. The van der Waals surface area contributed by atoms with Gasteiger partial charge in [-0.3, -0.25) is 0 Å². The highest BCUT2D eigenvalue weighted by molar-refractivity contribution is 7.26. The Morgan fingerprint density at radius 2 is 1.14 bits per heavy atom. The first kappa shape index (κ1) is 27.9. The van der Waals surface area contributed by atoms with Crippen molar-refractivity contribution in [3.8, 4) is 16.8 Å². The lowest BCUT2D eigenvalue weighted by atomic mass is 10.0. The highest BCUT2D eigenvalue weighted by atomic mass is 32.1. The third-order valence-electron chi connectivity index (χ3n) is 9.75. The van der Waals surface area contributed by atoms with Crippen molar-refractivity contribution in [2.45, 2.75) is 0 Å². The van der Waals surface area contributed by atoms with Gasteiger partial charge in [0.25, 0.3) is 0 Å². The fraction of sp³-hybridized carbons (Fsp3) is 0. The zero-order valence-corrected chi connectivity index (χ0v) is 27.4. The van der Waals surface area contributed by atoms with Gasteiger partial charge in [0.05, 0.1) is 21.4 Å². The van der Waals surface area contributed by atoms with Crippen molar-refractivity contribution in [2.24, 2.45) is 0 Å². The summed E-state index contributed by atoms with van der Waals surface area (Å²) < 4.78 is 5.09. The van der Waals surface area contributed by atoms with Crippen LogP contribution in [0.5, 0.6) is 0 Å². The van der Waals surface area contributed by atoms with Gasteiger partial charge in [-0.15, -0.1) is 11.3 Å². The molecule has 49 heavy (non-hydrogen) atoms. The van der Waals surface area contributed by atoms with Crippen LogP contribution in [0.25, 0.3) is 69.6 Å². The first-order valence-corrected chi connectivity index (χ1v) is 17.5. The number of anilines is 3. The SMILES string of the molecule is c1ccc(-c2ccc3sc4c(ccc5c6cc(N(c7ccccc7)c7cccc8ccccc78)ccc6n(-c6ccccc6)c54)c3c2)cc1. The maximum atomic E-state index is 2.47. The summed E-state index contributed by atoms with van der Waals surface area (Å²) in [5.74, 6) is 0. The van der Waals surface area contributed by atoms with Crippen molar-refractivity contribution in [3.05, 3.63) is 182 Å². The first-order valence-electron chi connectivity index (χ1n) is 16.7. The Kier molecular flexibility index (Phi) is 6.39. The van der Waals surface area contributed by atoms with Gasteiger partial charge < -0.3 is 9.47 Å². The highest BCUT2D eigenvalue weighted by Gasteiger charge is 2.21. The van der Waals surface area contributed by atoms with Crippen LogP contribution in [0.15, 0.2) is 182 Å². The molecular formula is C46H30N2S. The quantitative estimate of drug-likeness (QED) is 0.181. The molecule has 0 aliphatic rings. The Balaban J connectivity index is 1.26. The number of rotatable bonds is 5. The van der Waals surface area contributed by atoms with Crippen LogP contribution in [0, 0.1) is 0 Å². The van der Waals surface area contributed by atoms with E-state index in [0.717, 1.165) is 17.1 Å². The monoisotopic (exact) mass is 642 g/mol. The molecule has 0 spiro atoms. The Morgan fingerprint density at radius 1 is 0.429 bits per heavy atom. The Labute approximate surface area is 288 Å². The van der Waals surface area contributed by atoms with Crippen LogP contribution < -0.4 is 4.90 Å². The predicted octanol–water partition coefficient (Wildman–Crippen LogP) is 13.4. The van der Waals surface area contributed by atoms with E-state index in [1.807, 2.05) is 11.3 Å². The van der Waals surface area contributed by atoms with E-state index in [-0.39, 0.29) is 0 Å². The Morgan fingerprint density at radius 3 is 1.98 bits per heavy atom. The summed E-state index contributed by atoms with van der Waals surface area (Å²) >= 11 is 1.89. The second kappa shape index (κ2) is 11.2. The number of nitrogens with zero attached hydrogens (tertiary/aromatic N) is 2. The average molecular weight is 643 g/mol. The Hall–Kier alpha value is -6.16. The van der Waals surface area contributed by atoms with Gasteiger partial charge in [-0.05, 0) is 77.2 Å². The molecule has 0 radical (unpaired) electrons. The van der Waals surface area contributed by atoms with Gasteiger partial charge in [-0.2, -0.15) is 0 Å². The van der Waals surface area contributed by atoms with Gasteiger partial charge in [-0.25, -0.2) is 0 Å². The molecule has 3 heteroatoms. The summed E-state index contributed by atoms with van der Waals surface area (Å²) in [7, 11) is 0. The number of aromatic nitrogens is 1. The van der Waals surface area contributed by atoms with Gasteiger partial charge in [0.1, 0.15) is 0 Å². The number of hydrogen-bond acceptors (Lipinski definition) is 2. The largest absolute Gasteiger partial charge is 0.310 e. The van der Waals surface area contributed by atoms with Gasteiger partial charge in [0.2, 0.25) is 0 Å². The van der Waals surface area contributed by atoms with E-state index in [0.29, 0.717) is 0 Å². The molecule has 0 N–H and O–H groups in total. The van der Waals surface area contributed by atoms with Crippen LogP contribution >= 0.6 is 11.3 Å². The number of para-hydroxylation sites is 2. The molecule has 0 bridgehead atoms. The molecule has 8 aromatic carbocycles. The molecule has 2 nitrogen and oxygen atoms in total. The van der Waals surface area contributed by atoms with E-state index in [4.69, 9.17) is 0 Å². The van der Waals surface area contributed by atoms with Gasteiger partial charge >= 0.3 is 0 Å². The Bertz CT molecular complexity index is 2810. The van der Waals surface area contributed by atoms with Crippen LogP contribution in [0.4, 0.5) is 17.1 Å². The molecule has 0 fully saturated rings. The molecule has 10 aromatic rings. The van der Waals surface area contributed by atoms with Crippen molar-refractivity contribution in [1.82, 2.24) is 4.57 Å². The highest BCUT2D eigenvalue weighted by Crippen LogP contribution is 2.46. The summed E-state index contributed by atoms with van der Waals surface area (Å²) in [5.41, 5.74) is 9.54. The van der Waals surface area contributed by atoms with Crippen LogP contribution in [0.3, 0.4) is 0 Å². The van der Waals surface area contributed by atoms with Gasteiger partial charge in [-0.1, -0.05) is 121 Å². The maximum Gasteiger partial charge on any atom is 0.0719 e. The summed E-state index contributed by atoms with van der Waals surface area (Å²) in [6, 6.07) is 66.0. The molecule has 0 unspecified atom stereocenters. The third kappa shape index (κ3) is 4.47. The average Bonchev–Trinajstić information content (AvgIpc) is 3.71. The van der Waals surface area contributed by atoms with Crippen molar-refractivity contribution in [3.63, 3.8) is 0 Å². The number of fused-ring (bicyclic) bond motifs is 8. The molecule has 0 atom stereocenters. The molecule has 10 rings (SSSR count). The zero-order chi connectivity index (χ0) is 32.3. The van der Waals surface area contributed by atoms with E-state index in [1.54, 1.807) is 0 Å². The topological polar surface area (TPSA) is 8.17 Å². The minimum atomic E-state index is 1.13. The maximum absolute atomic E-state index is 2.47. The number of hydrogen-bond donors (Lipinski definition) is 0. The minimum absolute atomic E-state index is 1.13. The van der Waals surface area contributed by atoms with Crippen molar-refractivity contribution in [2.75, 3.05) is 4.90 Å².